The normalized spacial score (nSPS) is 13.4. The number of fused-ring (bicyclic) bond motifs is 1. The number of nitriles is 1. The topological polar surface area (TPSA) is 47.9 Å². The van der Waals surface area contributed by atoms with Crippen molar-refractivity contribution in [3.05, 3.63) is 58.1 Å². The first-order valence-electron chi connectivity index (χ1n) is 6.56. The zero-order valence-electron chi connectivity index (χ0n) is 10.9. The van der Waals surface area contributed by atoms with Crippen LogP contribution < -0.4 is 10.6 Å². The van der Waals surface area contributed by atoms with E-state index in [1.807, 2.05) is 6.07 Å². The summed E-state index contributed by atoms with van der Waals surface area (Å²) in [4.78, 5) is 0. The quantitative estimate of drug-likeness (QED) is 0.885. The van der Waals surface area contributed by atoms with Gasteiger partial charge < -0.3 is 10.6 Å². The van der Waals surface area contributed by atoms with E-state index >= 15 is 0 Å². The highest BCUT2D eigenvalue weighted by Crippen LogP contribution is 2.28. The number of benzene rings is 2. The van der Waals surface area contributed by atoms with Gasteiger partial charge in [-0.3, -0.25) is 0 Å². The minimum absolute atomic E-state index is 0.476. The Bertz CT molecular complexity index is 689. The molecule has 0 spiro atoms. The predicted molar refractivity (Wildman–Crippen MR) is 81.3 cm³/mol. The molecule has 0 aromatic heterocycles. The Morgan fingerprint density at radius 2 is 2.15 bits per heavy atom. The Balaban J connectivity index is 1.92. The van der Waals surface area contributed by atoms with E-state index in [0.717, 1.165) is 30.9 Å². The Morgan fingerprint density at radius 3 is 2.95 bits per heavy atom. The van der Waals surface area contributed by atoms with E-state index in [4.69, 9.17) is 16.9 Å². The van der Waals surface area contributed by atoms with Crippen LogP contribution in [0, 0.1) is 11.3 Å². The van der Waals surface area contributed by atoms with Crippen molar-refractivity contribution in [1.82, 2.24) is 5.32 Å². The molecule has 100 valence electrons. The number of hydrogen-bond donors (Lipinski definition) is 2. The largest absolute Gasteiger partial charge is 0.355 e. The van der Waals surface area contributed by atoms with E-state index in [9.17, 15) is 0 Å². The van der Waals surface area contributed by atoms with Crippen LogP contribution in [0.2, 0.25) is 5.02 Å². The van der Waals surface area contributed by atoms with Crippen LogP contribution in [0.3, 0.4) is 0 Å². The second kappa shape index (κ2) is 5.54. The highest BCUT2D eigenvalue weighted by Gasteiger charge is 2.12. The molecule has 0 saturated carbocycles. The minimum atomic E-state index is 0.476. The zero-order chi connectivity index (χ0) is 13.9. The van der Waals surface area contributed by atoms with Crippen molar-refractivity contribution in [2.75, 3.05) is 11.9 Å². The molecular formula is C16H14ClN3. The van der Waals surface area contributed by atoms with Gasteiger partial charge in [0.25, 0.3) is 0 Å². The van der Waals surface area contributed by atoms with Gasteiger partial charge in [0.2, 0.25) is 0 Å². The molecule has 0 fully saturated rings. The van der Waals surface area contributed by atoms with Gasteiger partial charge in [0, 0.05) is 17.9 Å². The number of halogens is 1. The van der Waals surface area contributed by atoms with Crippen LogP contribution in [0.5, 0.6) is 0 Å². The summed E-state index contributed by atoms with van der Waals surface area (Å²) in [6, 6.07) is 13.8. The number of hydrogen-bond acceptors (Lipinski definition) is 3. The Morgan fingerprint density at radius 1 is 1.25 bits per heavy atom. The Labute approximate surface area is 123 Å². The molecule has 2 N–H and O–H groups in total. The lowest BCUT2D eigenvalue weighted by molar-refractivity contribution is 0.645. The van der Waals surface area contributed by atoms with Crippen LogP contribution in [0.4, 0.5) is 11.4 Å². The molecule has 0 aliphatic carbocycles. The van der Waals surface area contributed by atoms with Crippen LogP contribution in [0.1, 0.15) is 16.7 Å². The first-order valence-corrected chi connectivity index (χ1v) is 6.94. The molecule has 0 amide bonds. The fraction of sp³-hybridized carbons (Fsp3) is 0.188. The summed E-state index contributed by atoms with van der Waals surface area (Å²) in [6.45, 7) is 1.92. The fourth-order valence-electron chi connectivity index (χ4n) is 2.49. The first kappa shape index (κ1) is 13.0. The number of nitrogens with one attached hydrogen (secondary N) is 2. The predicted octanol–water partition coefficient (Wildman–Crippen LogP) is 3.60. The van der Waals surface area contributed by atoms with Gasteiger partial charge in [-0.1, -0.05) is 23.7 Å². The summed E-state index contributed by atoms with van der Waals surface area (Å²) < 4.78 is 0. The highest BCUT2D eigenvalue weighted by molar-refractivity contribution is 6.32. The molecule has 3 nitrogen and oxygen atoms in total. The zero-order valence-corrected chi connectivity index (χ0v) is 11.7. The van der Waals surface area contributed by atoms with Crippen LogP contribution in [0.25, 0.3) is 0 Å². The number of nitrogens with zero attached hydrogens (tertiary/aromatic N) is 1. The van der Waals surface area contributed by atoms with Crippen LogP contribution >= 0.6 is 11.6 Å². The van der Waals surface area contributed by atoms with Gasteiger partial charge in [-0.25, -0.2) is 0 Å². The summed E-state index contributed by atoms with van der Waals surface area (Å²) in [7, 11) is 0. The average molecular weight is 284 g/mol. The van der Waals surface area contributed by atoms with Crippen molar-refractivity contribution in [1.29, 1.82) is 5.26 Å². The molecule has 1 heterocycles. The van der Waals surface area contributed by atoms with Crippen molar-refractivity contribution in [2.24, 2.45) is 0 Å². The molecule has 0 radical (unpaired) electrons. The maximum Gasteiger partial charge on any atom is 0.101 e. The molecule has 2 aromatic rings. The SMILES string of the molecule is N#Cc1ccc(Nc2cccc3c2CCNC3)cc1Cl. The van der Waals surface area contributed by atoms with Crippen LogP contribution in [-0.4, -0.2) is 6.54 Å². The van der Waals surface area contributed by atoms with Gasteiger partial charge >= 0.3 is 0 Å². The molecule has 2 aromatic carbocycles. The van der Waals surface area contributed by atoms with Crippen molar-refractivity contribution in [3.8, 4) is 6.07 Å². The van der Waals surface area contributed by atoms with Crippen LogP contribution in [-0.2, 0) is 13.0 Å². The summed E-state index contributed by atoms with van der Waals surface area (Å²) in [6.07, 6.45) is 1.02. The van der Waals surface area contributed by atoms with E-state index in [-0.39, 0.29) is 0 Å². The summed E-state index contributed by atoms with van der Waals surface area (Å²) in [5.41, 5.74) is 5.20. The lowest BCUT2D eigenvalue weighted by Gasteiger charge is -2.21. The summed E-state index contributed by atoms with van der Waals surface area (Å²) >= 11 is 6.07. The molecule has 3 rings (SSSR count). The molecule has 0 bridgehead atoms. The van der Waals surface area contributed by atoms with Gasteiger partial charge in [-0.05, 0) is 48.4 Å². The van der Waals surface area contributed by atoms with Gasteiger partial charge in [0.15, 0.2) is 0 Å². The smallest absolute Gasteiger partial charge is 0.101 e. The second-order valence-electron chi connectivity index (χ2n) is 4.80. The minimum Gasteiger partial charge on any atom is -0.355 e. The van der Waals surface area contributed by atoms with Crippen molar-refractivity contribution >= 4 is 23.0 Å². The lowest BCUT2D eigenvalue weighted by atomic mass is 9.99. The van der Waals surface area contributed by atoms with Crippen molar-refractivity contribution < 1.29 is 0 Å². The van der Waals surface area contributed by atoms with E-state index in [0.29, 0.717) is 10.6 Å². The standard InChI is InChI=1S/C16H14ClN3/c17-15-8-13(5-4-11(15)9-18)20-16-3-1-2-12-10-19-7-6-14(12)16/h1-5,8,19-20H,6-7,10H2. The third kappa shape index (κ3) is 2.49. The van der Waals surface area contributed by atoms with Crippen molar-refractivity contribution in [2.45, 2.75) is 13.0 Å². The number of rotatable bonds is 2. The lowest BCUT2D eigenvalue weighted by Crippen LogP contribution is -2.24. The molecule has 0 atom stereocenters. The van der Waals surface area contributed by atoms with Gasteiger partial charge in [-0.15, -0.1) is 0 Å². The third-order valence-corrected chi connectivity index (χ3v) is 3.82. The van der Waals surface area contributed by atoms with E-state index in [1.165, 1.54) is 11.1 Å². The van der Waals surface area contributed by atoms with E-state index < -0.39 is 0 Å². The molecule has 0 saturated heterocycles. The molecule has 20 heavy (non-hydrogen) atoms. The number of anilines is 2. The molecule has 0 unspecified atom stereocenters. The van der Waals surface area contributed by atoms with E-state index in [2.05, 4.69) is 34.9 Å². The molecule has 1 aliphatic heterocycles. The van der Waals surface area contributed by atoms with Crippen LogP contribution in [0.15, 0.2) is 36.4 Å². The van der Waals surface area contributed by atoms with Gasteiger partial charge in [0.05, 0.1) is 10.6 Å². The maximum atomic E-state index is 8.90. The monoisotopic (exact) mass is 283 g/mol. The second-order valence-corrected chi connectivity index (χ2v) is 5.21. The fourth-order valence-corrected chi connectivity index (χ4v) is 2.71. The Kier molecular flexibility index (Phi) is 3.60. The molecule has 1 aliphatic rings. The first-order chi connectivity index (χ1) is 9.78. The maximum absolute atomic E-state index is 8.90. The van der Waals surface area contributed by atoms with Crippen molar-refractivity contribution in [3.63, 3.8) is 0 Å². The summed E-state index contributed by atoms with van der Waals surface area (Å²) in [5, 5.41) is 16.1. The Hall–Kier alpha value is -2.02. The van der Waals surface area contributed by atoms with E-state index in [1.54, 1.807) is 12.1 Å². The molecular weight excluding hydrogens is 270 g/mol. The summed E-state index contributed by atoms with van der Waals surface area (Å²) in [5.74, 6) is 0. The molecule has 4 heteroatoms. The van der Waals surface area contributed by atoms with Gasteiger partial charge in [-0.2, -0.15) is 5.26 Å². The van der Waals surface area contributed by atoms with Gasteiger partial charge in [0.1, 0.15) is 6.07 Å². The highest BCUT2D eigenvalue weighted by atomic mass is 35.5. The average Bonchev–Trinajstić information content (AvgIpc) is 2.48. The third-order valence-electron chi connectivity index (χ3n) is 3.51.